The zero-order valence-corrected chi connectivity index (χ0v) is 17.6. The summed E-state index contributed by atoms with van der Waals surface area (Å²) >= 11 is 1.10. The maximum absolute atomic E-state index is 12.5. The van der Waals surface area contributed by atoms with Gasteiger partial charge >= 0.3 is 0 Å². The van der Waals surface area contributed by atoms with Gasteiger partial charge in [0.15, 0.2) is 11.5 Å². The molecule has 9 heteroatoms. The molecule has 0 aliphatic rings. The van der Waals surface area contributed by atoms with Crippen LogP contribution in [0.4, 0.5) is 5.13 Å². The van der Waals surface area contributed by atoms with Crippen molar-refractivity contribution in [1.29, 1.82) is 0 Å². The van der Waals surface area contributed by atoms with Gasteiger partial charge in [0, 0.05) is 17.1 Å². The molecule has 4 aromatic rings. The Balaban J connectivity index is 1.57. The lowest BCUT2D eigenvalue weighted by molar-refractivity contribution is 0.102. The average molecular weight is 420 g/mol. The van der Waals surface area contributed by atoms with Crippen molar-refractivity contribution >= 4 is 22.6 Å². The molecule has 152 valence electrons. The van der Waals surface area contributed by atoms with Crippen molar-refractivity contribution in [3.05, 3.63) is 65.4 Å². The minimum Gasteiger partial charge on any atom is -0.497 e. The van der Waals surface area contributed by atoms with Crippen molar-refractivity contribution in [3.63, 3.8) is 0 Å². The number of methoxy groups -OCH3 is 1. The number of carbonyl (C=O) groups is 1. The molecule has 1 amide bonds. The van der Waals surface area contributed by atoms with Gasteiger partial charge in [-0.25, -0.2) is 4.68 Å². The van der Waals surface area contributed by atoms with Crippen LogP contribution in [0.2, 0.25) is 0 Å². The van der Waals surface area contributed by atoms with Crippen molar-refractivity contribution in [3.8, 4) is 23.0 Å². The van der Waals surface area contributed by atoms with Gasteiger partial charge in [0.2, 0.25) is 5.13 Å². The second-order valence-electron chi connectivity index (χ2n) is 6.53. The number of aromatic nitrogens is 5. The molecule has 0 aliphatic carbocycles. The molecular weight excluding hydrogens is 400 g/mol. The minimum atomic E-state index is -0.283. The summed E-state index contributed by atoms with van der Waals surface area (Å²) in [6.45, 7) is 4.03. The smallest absolute Gasteiger partial charge is 0.257 e. The van der Waals surface area contributed by atoms with E-state index < -0.39 is 0 Å². The predicted octanol–water partition coefficient (Wildman–Crippen LogP) is 3.92. The van der Waals surface area contributed by atoms with Gasteiger partial charge in [-0.15, -0.1) is 5.10 Å². The van der Waals surface area contributed by atoms with Crippen LogP contribution in [-0.2, 0) is 6.42 Å². The van der Waals surface area contributed by atoms with Crippen LogP contribution in [0.3, 0.4) is 0 Å². The molecule has 2 aromatic carbocycles. The number of ether oxygens (including phenoxy) is 1. The summed E-state index contributed by atoms with van der Waals surface area (Å²) in [6, 6.07) is 15.0. The number of aryl methyl sites for hydroxylation is 1. The van der Waals surface area contributed by atoms with Crippen molar-refractivity contribution in [2.75, 3.05) is 12.4 Å². The van der Waals surface area contributed by atoms with E-state index in [1.54, 1.807) is 36.1 Å². The van der Waals surface area contributed by atoms with Crippen molar-refractivity contribution in [2.24, 2.45) is 0 Å². The first-order chi connectivity index (χ1) is 14.6. The summed E-state index contributed by atoms with van der Waals surface area (Å²) in [5, 5.41) is 11.7. The Hall–Kier alpha value is -3.59. The van der Waals surface area contributed by atoms with Crippen LogP contribution >= 0.6 is 11.5 Å². The lowest BCUT2D eigenvalue weighted by Crippen LogP contribution is -2.11. The second kappa shape index (κ2) is 8.42. The Bertz CT molecular complexity index is 1200. The average Bonchev–Trinajstić information content (AvgIpc) is 3.39. The van der Waals surface area contributed by atoms with Gasteiger partial charge in [0.1, 0.15) is 5.75 Å². The van der Waals surface area contributed by atoms with Gasteiger partial charge in [-0.3, -0.25) is 10.1 Å². The van der Waals surface area contributed by atoms with Crippen LogP contribution in [0.25, 0.3) is 17.2 Å². The molecule has 0 atom stereocenters. The third kappa shape index (κ3) is 3.79. The summed E-state index contributed by atoms with van der Waals surface area (Å²) in [5.74, 6) is 0.757. The standard InChI is InChI=1S/C21H20N6O2S/c1-4-14-8-5-6-11-17(14)27-13(2)18(24-26-27)19-22-21(30-25-19)23-20(28)15-9-7-10-16(12-15)29-3/h5-12H,4H2,1-3H3,(H,22,23,25,28). The number of hydrogen-bond donors (Lipinski definition) is 1. The van der Waals surface area contributed by atoms with E-state index in [1.165, 1.54) is 5.56 Å². The summed E-state index contributed by atoms with van der Waals surface area (Å²) in [7, 11) is 1.56. The van der Waals surface area contributed by atoms with Crippen LogP contribution < -0.4 is 10.1 Å². The number of hydrogen-bond acceptors (Lipinski definition) is 7. The van der Waals surface area contributed by atoms with E-state index in [2.05, 4.69) is 38.0 Å². The van der Waals surface area contributed by atoms with Crippen molar-refractivity contribution < 1.29 is 9.53 Å². The fourth-order valence-corrected chi connectivity index (χ4v) is 3.65. The summed E-state index contributed by atoms with van der Waals surface area (Å²) in [4.78, 5) is 16.9. The Morgan fingerprint density at radius 1 is 1.20 bits per heavy atom. The number of amides is 1. The molecule has 2 heterocycles. The van der Waals surface area contributed by atoms with E-state index in [9.17, 15) is 4.79 Å². The highest BCUT2D eigenvalue weighted by molar-refractivity contribution is 7.10. The number of carbonyl (C=O) groups excluding carboxylic acids is 1. The first-order valence-electron chi connectivity index (χ1n) is 9.40. The molecule has 0 fully saturated rings. The minimum absolute atomic E-state index is 0.283. The highest BCUT2D eigenvalue weighted by Gasteiger charge is 2.19. The molecule has 4 rings (SSSR count). The highest BCUT2D eigenvalue weighted by Crippen LogP contribution is 2.25. The van der Waals surface area contributed by atoms with Gasteiger partial charge in [-0.2, -0.15) is 9.36 Å². The zero-order valence-electron chi connectivity index (χ0n) is 16.8. The number of rotatable bonds is 6. The summed E-state index contributed by atoms with van der Waals surface area (Å²) in [5.41, 5.74) is 4.05. The Morgan fingerprint density at radius 3 is 2.83 bits per heavy atom. The summed E-state index contributed by atoms with van der Waals surface area (Å²) < 4.78 is 11.3. The molecule has 0 spiro atoms. The maximum atomic E-state index is 12.5. The number of benzene rings is 2. The monoisotopic (exact) mass is 420 g/mol. The SMILES string of the molecule is CCc1ccccc1-n1nnc(-c2nsc(NC(=O)c3cccc(OC)c3)n2)c1C. The molecule has 0 aliphatic heterocycles. The van der Waals surface area contributed by atoms with Crippen LogP contribution in [0, 0.1) is 6.92 Å². The van der Waals surface area contributed by atoms with Gasteiger partial charge in [-0.1, -0.05) is 36.4 Å². The fraction of sp³-hybridized carbons (Fsp3) is 0.190. The van der Waals surface area contributed by atoms with Gasteiger partial charge in [0.05, 0.1) is 18.5 Å². The lowest BCUT2D eigenvalue weighted by Gasteiger charge is -2.08. The Morgan fingerprint density at radius 2 is 2.03 bits per heavy atom. The van der Waals surface area contributed by atoms with Crippen LogP contribution in [-0.4, -0.2) is 37.4 Å². The molecule has 0 bridgehead atoms. The molecule has 8 nitrogen and oxygen atoms in total. The zero-order chi connectivity index (χ0) is 21.1. The maximum Gasteiger partial charge on any atom is 0.257 e. The molecule has 0 saturated carbocycles. The number of anilines is 1. The van der Waals surface area contributed by atoms with E-state index in [0.717, 1.165) is 29.3 Å². The van der Waals surface area contributed by atoms with E-state index in [1.807, 2.05) is 25.1 Å². The molecule has 0 saturated heterocycles. The fourth-order valence-electron chi connectivity index (χ4n) is 3.09. The van der Waals surface area contributed by atoms with E-state index in [-0.39, 0.29) is 5.91 Å². The number of nitrogens with zero attached hydrogens (tertiary/aromatic N) is 5. The normalized spacial score (nSPS) is 10.8. The first-order valence-corrected chi connectivity index (χ1v) is 10.2. The first kappa shape index (κ1) is 19.7. The third-order valence-corrected chi connectivity index (χ3v) is 5.32. The Kier molecular flexibility index (Phi) is 5.53. The predicted molar refractivity (Wildman–Crippen MR) is 115 cm³/mol. The van der Waals surface area contributed by atoms with Gasteiger partial charge < -0.3 is 4.74 Å². The molecule has 30 heavy (non-hydrogen) atoms. The largest absolute Gasteiger partial charge is 0.497 e. The van der Waals surface area contributed by atoms with Crippen LogP contribution in [0.15, 0.2) is 48.5 Å². The number of para-hydroxylation sites is 1. The highest BCUT2D eigenvalue weighted by atomic mass is 32.1. The van der Waals surface area contributed by atoms with Crippen molar-refractivity contribution in [1.82, 2.24) is 24.4 Å². The molecule has 0 radical (unpaired) electrons. The van der Waals surface area contributed by atoms with Crippen LogP contribution in [0.1, 0.15) is 28.5 Å². The third-order valence-electron chi connectivity index (χ3n) is 4.69. The molecule has 0 unspecified atom stereocenters. The summed E-state index contributed by atoms with van der Waals surface area (Å²) in [6.07, 6.45) is 0.889. The van der Waals surface area contributed by atoms with Gasteiger partial charge in [0.25, 0.3) is 5.91 Å². The van der Waals surface area contributed by atoms with Gasteiger partial charge in [-0.05, 0) is 43.2 Å². The molecular formula is C21H20N6O2S. The lowest BCUT2D eigenvalue weighted by atomic mass is 10.1. The Labute approximate surface area is 177 Å². The van der Waals surface area contributed by atoms with Crippen molar-refractivity contribution in [2.45, 2.75) is 20.3 Å². The number of nitrogens with one attached hydrogen (secondary N) is 1. The molecule has 1 N–H and O–H groups in total. The second-order valence-corrected chi connectivity index (χ2v) is 7.28. The topological polar surface area (TPSA) is 94.8 Å². The van der Waals surface area contributed by atoms with Crippen LogP contribution in [0.5, 0.6) is 5.75 Å². The van der Waals surface area contributed by atoms with E-state index in [4.69, 9.17) is 4.74 Å². The van der Waals surface area contributed by atoms with E-state index in [0.29, 0.717) is 28.0 Å². The quantitative estimate of drug-likeness (QED) is 0.508. The van der Waals surface area contributed by atoms with E-state index >= 15 is 0 Å². The molecule has 2 aromatic heterocycles.